The van der Waals surface area contributed by atoms with Crippen molar-refractivity contribution in [1.29, 1.82) is 0 Å². The lowest BCUT2D eigenvalue weighted by atomic mass is 10.3. The third-order valence-electron chi connectivity index (χ3n) is 1.46. The normalized spacial score (nSPS) is 15.1. The lowest BCUT2D eigenvalue weighted by Crippen LogP contribution is -2.31. The van der Waals surface area contributed by atoms with E-state index in [4.69, 9.17) is 5.73 Å². The molecular weight excluding hydrogens is 161 g/mol. The smallest absolute Gasteiger partial charge is 0.289 e. The number of nitrogens with two attached hydrogens (primary N) is 1. The number of aliphatic imine (C=N–C) groups is 1. The van der Waals surface area contributed by atoms with Crippen molar-refractivity contribution in [1.82, 2.24) is 15.3 Å². The molecule has 62 valence electrons. The van der Waals surface area contributed by atoms with Crippen molar-refractivity contribution in [3.63, 3.8) is 0 Å². The van der Waals surface area contributed by atoms with Gasteiger partial charge in [0.2, 0.25) is 0 Å². The van der Waals surface area contributed by atoms with Crippen LogP contribution in [0.15, 0.2) is 11.6 Å². The zero-order chi connectivity index (χ0) is 8.72. The minimum atomic E-state index is -0.693. The van der Waals surface area contributed by atoms with Crippen LogP contribution in [0.1, 0.15) is 5.69 Å². The molecule has 4 N–H and O–H groups in total. The van der Waals surface area contributed by atoms with E-state index in [1.165, 1.54) is 0 Å². The molecule has 0 saturated carbocycles. The van der Waals surface area contributed by atoms with Gasteiger partial charge < -0.3 is 16.0 Å². The van der Waals surface area contributed by atoms with Crippen LogP contribution in [0.4, 0.5) is 10.2 Å². The summed E-state index contributed by atoms with van der Waals surface area (Å²) in [6, 6.07) is 0. The molecule has 1 aliphatic rings. The average Bonchev–Trinajstić information content (AvgIpc) is 2.29. The van der Waals surface area contributed by atoms with E-state index in [-0.39, 0.29) is 11.8 Å². The monoisotopic (exact) mass is 167 g/mol. The molecule has 0 atom stereocenters. The number of rotatable bonds is 0. The number of guanidine groups is 1. The van der Waals surface area contributed by atoms with Gasteiger partial charge in [0, 0.05) is 0 Å². The molecule has 5 nitrogen and oxygen atoms in total. The lowest BCUT2D eigenvalue weighted by molar-refractivity contribution is 0.552. The summed E-state index contributed by atoms with van der Waals surface area (Å²) in [5.41, 5.74) is 6.25. The van der Waals surface area contributed by atoms with Crippen LogP contribution in [-0.4, -0.2) is 15.9 Å². The van der Waals surface area contributed by atoms with E-state index in [1.807, 2.05) is 0 Å². The van der Waals surface area contributed by atoms with E-state index in [1.54, 1.807) is 0 Å². The highest BCUT2D eigenvalue weighted by atomic mass is 19.1. The van der Waals surface area contributed by atoms with Gasteiger partial charge in [0.05, 0.1) is 5.70 Å². The lowest BCUT2D eigenvalue weighted by Gasteiger charge is -2.11. The number of hydrogen-bond donors (Lipinski definition) is 3. The second kappa shape index (κ2) is 2.07. The molecule has 2 rings (SSSR count). The standard InChI is InChI=1S/C6H6FN5/c1-2-3-4(11-5(7)10-3)12-6(8)9-2/h1H2,(H,10,11)(H3,8,9,12). The maximum atomic E-state index is 12.5. The zero-order valence-corrected chi connectivity index (χ0v) is 6.06. The first kappa shape index (κ1) is 6.84. The van der Waals surface area contributed by atoms with Crippen molar-refractivity contribution in [2.75, 3.05) is 0 Å². The van der Waals surface area contributed by atoms with E-state index in [2.05, 4.69) is 26.9 Å². The number of H-pyrrole nitrogens is 1. The van der Waals surface area contributed by atoms with Gasteiger partial charge in [-0.3, -0.25) is 0 Å². The van der Waals surface area contributed by atoms with Gasteiger partial charge in [-0.15, -0.1) is 0 Å². The molecule has 1 aromatic heterocycles. The summed E-state index contributed by atoms with van der Waals surface area (Å²) < 4.78 is 12.5. The highest BCUT2D eigenvalue weighted by Gasteiger charge is 2.17. The van der Waals surface area contributed by atoms with Crippen molar-refractivity contribution in [3.8, 4) is 0 Å². The summed E-state index contributed by atoms with van der Waals surface area (Å²) in [7, 11) is 0. The Morgan fingerprint density at radius 3 is 3.00 bits per heavy atom. The fraction of sp³-hybridized carbons (Fsp3) is 0. The van der Waals surface area contributed by atoms with Crippen molar-refractivity contribution in [2.24, 2.45) is 10.7 Å². The number of fused-ring (bicyclic) bond motifs is 1. The number of aromatic nitrogens is 2. The van der Waals surface area contributed by atoms with Crippen molar-refractivity contribution < 1.29 is 4.39 Å². The summed E-state index contributed by atoms with van der Waals surface area (Å²) in [5.74, 6) is 0.396. The summed E-state index contributed by atoms with van der Waals surface area (Å²) >= 11 is 0. The molecule has 0 aliphatic carbocycles. The number of nitrogens with zero attached hydrogens (tertiary/aromatic N) is 2. The molecule has 0 saturated heterocycles. The van der Waals surface area contributed by atoms with Crippen LogP contribution >= 0.6 is 0 Å². The molecule has 2 heterocycles. The Bertz CT molecular complexity index is 377. The number of imidazole rings is 1. The molecule has 0 bridgehead atoms. The first-order valence-corrected chi connectivity index (χ1v) is 3.23. The van der Waals surface area contributed by atoms with Crippen LogP contribution < -0.4 is 11.1 Å². The van der Waals surface area contributed by atoms with Gasteiger partial charge in [-0.05, 0) is 0 Å². The maximum Gasteiger partial charge on any atom is 0.289 e. The zero-order valence-electron chi connectivity index (χ0n) is 6.06. The number of nitrogens with one attached hydrogen (secondary N) is 2. The number of hydrogen-bond acceptors (Lipinski definition) is 4. The van der Waals surface area contributed by atoms with Crippen LogP contribution in [0.3, 0.4) is 0 Å². The Hall–Kier alpha value is -1.85. The predicted molar refractivity (Wildman–Crippen MR) is 42.0 cm³/mol. The van der Waals surface area contributed by atoms with Gasteiger partial charge in [0.1, 0.15) is 5.69 Å². The first-order valence-electron chi connectivity index (χ1n) is 3.23. The fourth-order valence-electron chi connectivity index (χ4n) is 0.986. The van der Waals surface area contributed by atoms with Crippen LogP contribution in [0.2, 0.25) is 0 Å². The molecule has 6 heteroatoms. The Kier molecular flexibility index (Phi) is 1.18. The predicted octanol–water partition coefficient (Wildman–Crippen LogP) is 0.0689. The van der Waals surface area contributed by atoms with E-state index in [0.717, 1.165) is 0 Å². The Balaban J connectivity index is 2.61. The Labute approximate surface area is 67.2 Å². The molecule has 1 aromatic rings. The minimum absolute atomic E-state index is 0.166. The quantitative estimate of drug-likeness (QED) is 0.511. The molecule has 0 radical (unpaired) electrons. The van der Waals surface area contributed by atoms with Crippen molar-refractivity contribution in [2.45, 2.75) is 0 Å². The number of halogens is 1. The van der Waals surface area contributed by atoms with E-state index < -0.39 is 6.08 Å². The molecule has 0 amide bonds. The molecule has 1 aliphatic heterocycles. The fourth-order valence-corrected chi connectivity index (χ4v) is 0.986. The van der Waals surface area contributed by atoms with E-state index >= 15 is 0 Å². The van der Waals surface area contributed by atoms with Crippen molar-refractivity contribution >= 4 is 17.5 Å². The summed E-state index contributed by atoms with van der Waals surface area (Å²) in [6.07, 6.45) is -0.693. The Morgan fingerprint density at radius 1 is 1.50 bits per heavy atom. The first-order chi connectivity index (χ1) is 5.66. The maximum absolute atomic E-state index is 12.5. The Morgan fingerprint density at radius 2 is 2.25 bits per heavy atom. The highest BCUT2D eigenvalue weighted by molar-refractivity contribution is 5.93. The molecule has 0 spiro atoms. The van der Waals surface area contributed by atoms with Gasteiger partial charge in [-0.2, -0.15) is 14.4 Å². The molecule has 0 unspecified atom stereocenters. The van der Waals surface area contributed by atoms with Gasteiger partial charge in [-0.1, -0.05) is 6.58 Å². The SMILES string of the molecule is C=C1NC(N)=Nc2nc(F)[nH]c21. The summed E-state index contributed by atoms with van der Waals surface area (Å²) in [5, 5.41) is 2.64. The summed E-state index contributed by atoms with van der Waals surface area (Å²) in [4.78, 5) is 9.58. The van der Waals surface area contributed by atoms with Crippen LogP contribution in [-0.2, 0) is 0 Å². The average molecular weight is 167 g/mol. The summed E-state index contributed by atoms with van der Waals surface area (Å²) in [6.45, 7) is 3.61. The van der Waals surface area contributed by atoms with Gasteiger partial charge >= 0.3 is 0 Å². The van der Waals surface area contributed by atoms with Gasteiger partial charge in [0.15, 0.2) is 11.8 Å². The second-order valence-corrected chi connectivity index (χ2v) is 2.33. The van der Waals surface area contributed by atoms with Crippen LogP contribution in [0, 0.1) is 6.08 Å². The third kappa shape index (κ3) is 0.849. The highest BCUT2D eigenvalue weighted by Crippen LogP contribution is 2.23. The largest absolute Gasteiger partial charge is 0.369 e. The van der Waals surface area contributed by atoms with Crippen LogP contribution in [0.25, 0.3) is 5.70 Å². The van der Waals surface area contributed by atoms with Gasteiger partial charge in [0.25, 0.3) is 6.08 Å². The molecule has 0 aromatic carbocycles. The van der Waals surface area contributed by atoms with Gasteiger partial charge in [-0.25, -0.2) is 0 Å². The molecule has 12 heavy (non-hydrogen) atoms. The molecular formula is C6H6FN5. The molecule has 0 fully saturated rings. The number of aromatic amines is 1. The van der Waals surface area contributed by atoms with E-state index in [0.29, 0.717) is 11.4 Å². The van der Waals surface area contributed by atoms with Crippen molar-refractivity contribution in [3.05, 3.63) is 18.4 Å². The van der Waals surface area contributed by atoms with Crippen LogP contribution in [0.5, 0.6) is 0 Å². The second-order valence-electron chi connectivity index (χ2n) is 2.33. The van der Waals surface area contributed by atoms with E-state index in [9.17, 15) is 4.39 Å². The topological polar surface area (TPSA) is 79.1 Å². The third-order valence-corrected chi connectivity index (χ3v) is 1.46. The minimum Gasteiger partial charge on any atom is -0.369 e.